The molecule has 102 valence electrons. The van der Waals surface area contributed by atoms with Crippen LogP contribution in [0.3, 0.4) is 0 Å². The number of rotatable bonds is 3. The van der Waals surface area contributed by atoms with E-state index >= 15 is 0 Å². The molecule has 3 heterocycles. The first-order valence-electron chi connectivity index (χ1n) is 6.61. The Balaban J connectivity index is 1.67. The molecule has 0 aromatic carbocycles. The smallest absolute Gasteiger partial charge is 0.277 e. The minimum Gasteiger partial charge on any atom is -0.370 e. The number of nitrogens with zero attached hydrogens (tertiary/aromatic N) is 4. The maximum Gasteiger partial charge on any atom is 0.277 e. The van der Waals surface area contributed by atoms with Gasteiger partial charge in [0.1, 0.15) is 11.5 Å². The lowest BCUT2D eigenvalue weighted by Crippen LogP contribution is -2.18. The molecule has 2 aromatic rings. The van der Waals surface area contributed by atoms with Crippen molar-refractivity contribution in [3.63, 3.8) is 0 Å². The first-order valence-corrected chi connectivity index (χ1v) is 6.61. The monoisotopic (exact) mass is 269 g/mol. The Morgan fingerprint density at radius 3 is 2.60 bits per heavy atom. The summed E-state index contributed by atoms with van der Waals surface area (Å²) in [6.07, 6.45) is 8.68. The van der Waals surface area contributed by atoms with Crippen molar-refractivity contribution in [2.75, 3.05) is 23.3 Å². The minimum atomic E-state index is -0.306. The van der Waals surface area contributed by atoms with Crippen LogP contribution in [-0.2, 0) is 0 Å². The molecule has 0 radical (unpaired) electrons. The van der Waals surface area contributed by atoms with Crippen molar-refractivity contribution in [3.8, 4) is 0 Å². The molecule has 6 nitrogen and oxygen atoms in total. The molecule has 0 spiro atoms. The van der Waals surface area contributed by atoms with Crippen LogP contribution in [0.15, 0.2) is 36.9 Å². The Kier molecular flexibility index (Phi) is 3.54. The molecule has 1 aliphatic heterocycles. The van der Waals surface area contributed by atoms with Crippen LogP contribution >= 0.6 is 0 Å². The predicted octanol–water partition coefficient (Wildman–Crippen LogP) is 1.72. The van der Waals surface area contributed by atoms with Gasteiger partial charge in [-0.05, 0) is 25.0 Å². The van der Waals surface area contributed by atoms with E-state index in [4.69, 9.17) is 0 Å². The molecule has 0 saturated carbocycles. The van der Waals surface area contributed by atoms with E-state index in [1.807, 2.05) is 12.1 Å². The second-order valence-electron chi connectivity index (χ2n) is 4.64. The van der Waals surface area contributed by atoms with Crippen LogP contribution in [-0.4, -0.2) is 33.9 Å². The maximum absolute atomic E-state index is 11.9. The molecule has 2 aromatic heterocycles. The van der Waals surface area contributed by atoms with E-state index in [-0.39, 0.29) is 11.6 Å². The zero-order chi connectivity index (χ0) is 13.8. The number of amides is 1. The van der Waals surface area contributed by atoms with E-state index in [0.29, 0.717) is 5.82 Å². The van der Waals surface area contributed by atoms with Crippen LogP contribution in [0.2, 0.25) is 0 Å². The average molecular weight is 269 g/mol. The van der Waals surface area contributed by atoms with Gasteiger partial charge in [0, 0.05) is 25.5 Å². The molecule has 20 heavy (non-hydrogen) atoms. The summed E-state index contributed by atoms with van der Waals surface area (Å²) >= 11 is 0. The summed E-state index contributed by atoms with van der Waals surface area (Å²) in [5, 5.41) is 2.70. The first kappa shape index (κ1) is 12.5. The molecule has 0 aliphatic carbocycles. The van der Waals surface area contributed by atoms with Gasteiger partial charge >= 0.3 is 0 Å². The number of hydrogen-bond acceptors (Lipinski definition) is 5. The summed E-state index contributed by atoms with van der Waals surface area (Å²) in [6.45, 7) is 2.15. The van der Waals surface area contributed by atoms with E-state index in [0.717, 1.165) is 18.8 Å². The predicted molar refractivity (Wildman–Crippen MR) is 75.7 cm³/mol. The molecule has 6 heteroatoms. The van der Waals surface area contributed by atoms with Crippen molar-refractivity contribution >= 4 is 17.4 Å². The fourth-order valence-corrected chi connectivity index (χ4v) is 2.22. The zero-order valence-electron chi connectivity index (χ0n) is 11.0. The number of aromatic nitrogens is 3. The summed E-state index contributed by atoms with van der Waals surface area (Å²) in [4.78, 5) is 26.3. The lowest BCUT2D eigenvalue weighted by atomic mass is 10.3. The van der Waals surface area contributed by atoms with Crippen molar-refractivity contribution in [2.45, 2.75) is 12.8 Å². The summed E-state index contributed by atoms with van der Waals surface area (Å²) < 4.78 is 0. The van der Waals surface area contributed by atoms with Crippen LogP contribution in [0.5, 0.6) is 0 Å². The highest BCUT2D eigenvalue weighted by Crippen LogP contribution is 2.20. The normalized spacial score (nSPS) is 14.3. The largest absolute Gasteiger partial charge is 0.370 e. The Bertz CT molecular complexity index is 578. The molecule has 3 rings (SSSR count). The van der Waals surface area contributed by atoms with Crippen LogP contribution in [0, 0.1) is 0 Å². The number of pyridine rings is 1. The van der Waals surface area contributed by atoms with Gasteiger partial charge in [-0.1, -0.05) is 0 Å². The maximum atomic E-state index is 11.9. The zero-order valence-corrected chi connectivity index (χ0v) is 11.0. The highest BCUT2D eigenvalue weighted by Gasteiger charge is 2.13. The molecular formula is C14H15N5O. The van der Waals surface area contributed by atoms with E-state index < -0.39 is 0 Å². The van der Waals surface area contributed by atoms with Crippen molar-refractivity contribution in [3.05, 3.63) is 42.6 Å². The standard InChI is InChI=1S/C14H15N5O/c20-14(12-10-15-5-6-16-12)18-13-4-3-11(9-17-13)19-7-1-2-8-19/h3-6,9-10H,1-2,7-8H2,(H,17,18,20). The average Bonchev–Trinajstić information content (AvgIpc) is 3.03. The fourth-order valence-electron chi connectivity index (χ4n) is 2.22. The van der Waals surface area contributed by atoms with Gasteiger partial charge < -0.3 is 10.2 Å². The summed E-state index contributed by atoms with van der Waals surface area (Å²) in [5.41, 5.74) is 1.37. The minimum absolute atomic E-state index is 0.276. The Morgan fingerprint density at radius 2 is 1.95 bits per heavy atom. The van der Waals surface area contributed by atoms with Crippen molar-refractivity contribution in [2.24, 2.45) is 0 Å². The summed E-state index contributed by atoms with van der Waals surface area (Å²) in [5.74, 6) is 0.211. The molecule has 1 saturated heterocycles. The Hall–Kier alpha value is -2.50. The molecule has 0 unspecified atom stereocenters. The number of carbonyl (C=O) groups excluding carboxylic acids is 1. The van der Waals surface area contributed by atoms with Crippen LogP contribution in [0.4, 0.5) is 11.5 Å². The summed E-state index contributed by atoms with van der Waals surface area (Å²) in [7, 11) is 0. The molecule has 1 aliphatic rings. The highest BCUT2D eigenvalue weighted by atomic mass is 16.1. The second kappa shape index (κ2) is 5.64. The lowest BCUT2D eigenvalue weighted by molar-refractivity contribution is 0.102. The van der Waals surface area contributed by atoms with Gasteiger partial charge in [-0.15, -0.1) is 0 Å². The van der Waals surface area contributed by atoms with E-state index in [2.05, 4.69) is 25.2 Å². The van der Waals surface area contributed by atoms with Crippen molar-refractivity contribution < 1.29 is 4.79 Å². The van der Waals surface area contributed by atoms with E-state index in [1.54, 1.807) is 6.20 Å². The number of anilines is 2. The molecule has 0 atom stereocenters. The summed E-state index contributed by atoms with van der Waals surface area (Å²) in [6, 6.07) is 3.78. The molecule has 1 N–H and O–H groups in total. The van der Waals surface area contributed by atoms with Crippen molar-refractivity contribution in [1.82, 2.24) is 15.0 Å². The van der Waals surface area contributed by atoms with Gasteiger partial charge in [0.15, 0.2) is 0 Å². The van der Waals surface area contributed by atoms with Gasteiger partial charge in [0.05, 0.1) is 18.1 Å². The van der Waals surface area contributed by atoms with Gasteiger partial charge in [-0.25, -0.2) is 9.97 Å². The van der Waals surface area contributed by atoms with Crippen molar-refractivity contribution in [1.29, 1.82) is 0 Å². The lowest BCUT2D eigenvalue weighted by Gasteiger charge is -2.17. The third-order valence-corrected chi connectivity index (χ3v) is 3.26. The molecular weight excluding hydrogens is 254 g/mol. The quantitative estimate of drug-likeness (QED) is 0.918. The van der Waals surface area contributed by atoms with Gasteiger partial charge in [0.2, 0.25) is 0 Å². The number of carbonyl (C=O) groups is 1. The number of hydrogen-bond donors (Lipinski definition) is 1. The second-order valence-corrected chi connectivity index (χ2v) is 4.64. The van der Waals surface area contributed by atoms with Crippen LogP contribution < -0.4 is 10.2 Å². The van der Waals surface area contributed by atoms with E-state index in [1.165, 1.54) is 31.4 Å². The SMILES string of the molecule is O=C(Nc1ccc(N2CCCC2)cn1)c1cnccn1. The Labute approximate surface area is 116 Å². The van der Waals surface area contributed by atoms with Crippen LogP contribution in [0.1, 0.15) is 23.3 Å². The molecule has 1 amide bonds. The van der Waals surface area contributed by atoms with Crippen LogP contribution in [0.25, 0.3) is 0 Å². The third kappa shape index (κ3) is 2.74. The van der Waals surface area contributed by atoms with Gasteiger partial charge in [0.25, 0.3) is 5.91 Å². The van der Waals surface area contributed by atoms with Gasteiger partial charge in [-0.2, -0.15) is 0 Å². The van der Waals surface area contributed by atoms with E-state index in [9.17, 15) is 4.79 Å². The Morgan fingerprint density at radius 1 is 1.10 bits per heavy atom. The fraction of sp³-hybridized carbons (Fsp3) is 0.286. The number of nitrogens with one attached hydrogen (secondary N) is 1. The highest BCUT2D eigenvalue weighted by molar-refractivity contribution is 6.02. The molecule has 1 fully saturated rings. The third-order valence-electron chi connectivity index (χ3n) is 3.26. The molecule has 0 bridgehead atoms. The topological polar surface area (TPSA) is 71.0 Å². The first-order chi connectivity index (χ1) is 9.83. The van der Waals surface area contributed by atoms with Gasteiger partial charge in [-0.3, -0.25) is 9.78 Å².